The topological polar surface area (TPSA) is 236 Å². The van der Waals surface area contributed by atoms with Crippen molar-refractivity contribution < 1.29 is 54.0 Å². The van der Waals surface area contributed by atoms with E-state index < -0.39 is 97.7 Å². The smallest absolute Gasteiger partial charge is 0.326 e. The van der Waals surface area contributed by atoms with Gasteiger partial charge in [0.2, 0.25) is 17.7 Å². The molecule has 33 heavy (non-hydrogen) atoms. The van der Waals surface area contributed by atoms with E-state index in [0.717, 1.165) is 0 Å². The van der Waals surface area contributed by atoms with E-state index in [4.69, 9.17) is 15.3 Å². The molecule has 3 atom stereocenters. The van der Waals surface area contributed by atoms with Crippen LogP contribution in [0.5, 0.6) is 0 Å². The highest BCUT2D eigenvalue weighted by Gasteiger charge is 2.30. The van der Waals surface area contributed by atoms with Crippen LogP contribution in [0.3, 0.4) is 0 Å². The van der Waals surface area contributed by atoms with Gasteiger partial charge in [-0.15, -0.1) is 0 Å². The summed E-state index contributed by atoms with van der Waals surface area (Å²) in [6.45, 7) is 3.07. The zero-order valence-corrected chi connectivity index (χ0v) is 18.2. The summed E-state index contributed by atoms with van der Waals surface area (Å²) in [7, 11) is 0. The normalized spacial score (nSPS) is 13.3. The highest BCUT2D eigenvalue weighted by atomic mass is 16.4. The van der Waals surface area contributed by atoms with Gasteiger partial charge in [-0.3, -0.25) is 28.8 Å². The summed E-state index contributed by atoms with van der Waals surface area (Å²) >= 11 is 0. The van der Waals surface area contributed by atoms with Gasteiger partial charge in [-0.1, -0.05) is 13.8 Å². The van der Waals surface area contributed by atoms with Crippen LogP contribution in [0.25, 0.3) is 0 Å². The van der Waals surface area contributed by atoms with Crippen LogP contribution in [0.15, 0.2) is 0 Å². The predicted molar refractivity (Wildman–Crippen MR) is 109 cm³/mol. The van der Waals surface area contributed by atoms with Crippen LogP contribution in [0.2, 0.25) is 0 Å². The second kappa shape index (κ2) is 14.4. The van der Waals surface area contributed by atoms with Gasteiger partial charge in [0.05, 0.1) is 0 Å². The summed E-state index contributed by atoms with van der Waals surface area (Å²) in [4.78, 5) is 81.0. The average molecular weight is 475 g/mol. The molecule has 14 heteroatoms. The standard InChI is InChI=1S/C19H29N3O11/c1-9(2)16(29)20-10(3-6-13(23)24)17(30)21-11(4-7-14(25)26)18(31)22-12(19(32)33)5-8-15(27)28/h9-12H,3-8H2,1-2H3,(H,20,29)(H,21,30)(H,22,31)(H,23,24)(H,25,26)(H,27,28)(H,32,33)/t10-,11+,12-/m0/s1. The molecule has 0 unspecified atom stereocenters. The number of aliphatic carboxylic acids is 4. The number of hydrogen-bond donors (Lipinski definition) is 7. The zero-order chi connectivity index (χ0) is 25.7. The Morgan fingerprint density at radius 3 is 1.15 bits per heavy atom. The average Bonchev–Trinajstić information content (AvgIpc) is 2.69. The SMILES string of the molecule is CC(C)C(=O)N[C@@H](CCC(=O)O)C(=O)N[C@H](CCC(=O)O)C(=O)N[C@@H](CCC(=O)O)C(=O)O. The maximum absolute atomic E-state index is 12.7. The zero-order valence-electron chi connectivity index (χ0n) is 18.2. The lowest BCUT2D eigenvalue weighted by Gasteiger charge is -2.24. The van der Waals surface area contributed by atoms with E-state index in [1.807, 2.05) is 0 Å². The van der Waals surface area contributed by atoms with E-state index >= 15 is 0 Å². The van der Waals surface area contributed by atoms with Crippen molar-refractivity contribution in [1.82, 2.24) is 16.0 Å². The second-order valence-electron chi connectivity index (χ2n) is 7.47. The van der Waals surface area contributed by atoms with Crippen LogP contribution < -0.4 is 16.0 Å². The maximum Gasteiger partial charge on any atom is 0.326 e. The Bertz CT molecular complexity index is 766. The van der Waals surface area contributed by atoms with Gasteiger partial charge in [0.15, 0.2) is 0 Å². The summed E-state index contributed by atoms with van der Waals surface area (Å²) in [6.07, 6.45) is -2.85. The first-order valence-electron chi connectivity index (χ1n) is 10.0. The monoisotopic (exact) mass is 475 g/mol. The third kappa shape index (κ3) is 12.7. The fraction of sp³-hybridized carbons (Fsp3) is 0.632. The Balaban J connectivity index is 5.54. The lowest BCUT2D eigenvalue weighted by atomic mass is 10.1. The molecule has 0 heterocycles. The van der Waals surface area contributed by atoms with Gasteiger partial charge in [-0.05, 0) is 19.3 Å². The third-order valence-corrected chi connectivity index (χ3v) is 4.35. The van der Waals surface area contributed by atoms with Gasteiger partial charge < -0.3 is 36.4 Å². The van der Waals surface area contributed by atoms with Crippen molar-refractivity contribution in [2.75, 3.05) is 0 Å². The van der Waals surface area contributed by atoms with Crippen molar-refractivity contribution in [3.8, 4) is 0 Å². The Hall–Kier alpha value is -3.71. The van der Waals surface area contributed by atoms with Crippen molar-refractivity contribution in [3.05, 3.63) is 0 Å². The molecule has 0 bridgehead atoms. The molecule has 0 aromatic heterocycles. The maximum atomic E-state index is 12.7. The first-order valence-corrected chi connectivity index (χ1v) is 10.0. The Morgan fingerprint density at radius 1 is 0.545 bits per heavy atom. The van der Waals surface area contributed by atoms with E-state index in [1.54, 1.807) is 0 Å². The third-order valence-electron chi connectivity index (χ3n) is 4.35. The summed E-state index contributed by atoms with van der Waals surface area (Å²) in [5.41, 5.74) is 0. The number of carboxylic acid groups (broad SMARTS) is 4. The summed E-state index contributed by atoms with van der Waals surface area (Å²) in [5.74, 6) is -8.52. The largest absolute Gasteiger partial charge is 0.481 e. The lowest BCUT2D eigenvalue weighted by Crippen LogP contribution is -2.56. The highest BCUT2D eigenvalue weighted by molar-refractivity contribution is 5.94. The number of amides is 3. The molecule has 0 radical (unpaired) electrons. The molecule has 0 aromatic rings. The molecule has 0 saturated heterocycles. The van der Waals surface area contributed by atoms with E-state index in [9.17, 15) is 38.7 Å². The van der Waals surface area contributed by atoms with E-state index in [0.29, 0.717) is 0 Å². The molecule has 7 N–H and O–H groups in total. The molecule has 0 aliphatic carbocycles. The number of carbonyl (C=O) groups excluding carboxylic acids is 3. The van der Waals surface area contributed by atoms with Crippen LogP contribution in [0.4, 0.5) is 0 Å². The fourth-order valence-electron chi connectivity index (χ4n) is 2.48. The highest BCUT2D eigenvalue weighted by Crippen LogP contribution is 2.06. The Kier molecular flexibility index (Phi) is 12.8. The fourth-order valence-corrected chi connectivity index (χ4v) is 2.48. The van der Waals surface area contributed by atoms with Crippen LogP contribution in [0, 0.1) is 5.92 Å². The minimum atomic E-state index is -1.61. The molecular weight excluding hydrogens is 446 g/mol. The van der Waals surface area contributed by atoms with Gasteiger partial charge in [-0.25, -0.2) is 4.79 Å². The van der Waals surface area contributed by atoms with E-state index in [-0.39, 0.29) is 6.42 Å². The van der Waals surface area contributed by atoms with Crippen LogP contribution in [-0.4, -0.2) is 80.2 Å². The number of carbonyl (C=O) groups is 7. The minimum Gasteiger partial charge on any atom is -0.481 e. The molecule has 14 nitrogen and oxygen atoms in total. The first-order chi connectivity index (χ1) is 15.2. The van der Waals surface area contributed by atoms with Gasteiger partial charge in [-0.2, -0.15) is 0 Å². The second-order valence-corrected chi connectivity index (χ2v) is 7.47. The summed E-state index contributed by atoms with van der Waals surface area (Å²) < 4.78 is 0. The lowest BCUT2D eigenvalue weighted by molar-refractivity contribution is -0.144. The molecule has 3 amide bonds. The van der Waals surface area contributed by atoms with Gasteiger partial charge in [0, 0.05) is 25.2 Å². The van der Waals surface area contributed by atoms with Crippen LogP contribution in [-0.2, 0) is 33.6 Å². The van der Waals surface area contributed by atoms with Crippen molar-refractivity contribution in [1.29, 1.82) is 0 Å². The number of nitrogens with one attached hydrogen (secondary N) is 3. The molecule has 0 fully saturated rings. The van der Waals surface area contributed by atoms with E-state index in [2.05, 4.69) is 16.0 Å². The minimum absolute atomic E-state index is 0.316. The predicted octanol–water partition coefficient (Wildman–Crippen LogP) is -1.22. The van der Waals surface area contributed by atoms with Gasteiger partial charge in [0.25, 0.3) is 0 Å². The molecule has 0 aromatic carbocycles. The van der Waals surface area contributed by atoms with Gasteiger partial charge >= 0.3 is 23.9 Å². The Labute approximate surface area is 188 Å². The molecular formula is C19H29N3O11. The summed E-state index contributed by atoms with van der Waals surface area (Å²) in [6, 6.07) is -4.50. The quantitative estimate of drug-likeness (QED) is 0.139. The summed E-state index contributed by atoms with van der Waals surface area (Å²) in [5, 5.41) is 42.3. The first kappa shape index (κ1) is 29.3. The molecule has 0 aliphatic rings. The van der Waals surface area contributed by atoms with Crippen LogP contribution in [0.1, 0.15) is 52.4 Å². The molecule has 0 saturated carbocycles. The molecule has 0 spiro atoms. The molecule has 186 valence electrons. The number of rotatable bonds is 16. The van der Waals surface area contributed by atoms with Gasteiger partial charge in [0.1, 0.15) is 18.1 Å². The number of hydrogen-bond acceptors (Lipinski definition) is 7. The van der Waals surface area contributed by atoms with Crippen molar-refractivity contribution in [3.63, 3.8) is 0 Å². The number of carboxylic acids is 4. The van der Waals surface area contributed by atoms with Crippen molar-refractivity contribution >= 4 is 41.6 Å². The molecule has 0 aliphatic heterocycles. The van der Waals surface area contributed by atoms with Crippen molar-refractivity contribution in [2.24, 2.45) is 5.92 Å². The Morgan fingerprint density at radius 2 is 0.848 bits per heavy atom. The van der Waals surface area contributed by atoms with Crippen LogP contribution >= 0.6 is 0 Å². The van der Waals surface area contributed by atoms with Crippen molar-refractivity contribution in [2.45, 2.75) is 70.5 Å². The molecule has 0 rings (SSSR count). The van der Waals surface area contributed by atoms with E-state index in [1.165, 1.54) is 13.8 Å².